The van der Waals surface area contributed by atoms with Gasteiger partial charge in [-0.2, -0.15) is 0 Å². The van der Waals surface area contributed by atoms with E-state index in [4.69, 9.17) is 9.84 Å². The van der Waals surface area contributed by atoms with E-state index in [2.05, 4.69) is 25.3 Å². The first-order chi connectivity index (χ1) is 15.5. The summed E-state index contributed by atoms with van der Waals surface area (Å²) < 4.78 is 32.8. The van der Waals surface area contributed by atoms with Crippen molar-refractivity contribution in [1.82, 2.24) is 19.9 Å². The molecule has 1 amide bonds. The van der Waals surface area contributed by atoms with Crippen molar-refractivity contribution in [1.29, 1.82) is 0 Å². The number of pyridine rings is 1. The van der Waals surface area contributed by atoms with Gasteiger partial charge in [0.25, 0.3) is 12.3 Å². The number of aliphatic hydroxyl groups excluding tert-OH is 2. The Labute approximate surface area is 183 Å². The van der Waals surface area contributed by atoms with Crippen LogP contribution in [0, 0.1) is 0 Å². The first-order valence-corrected chi connectivity index (χ1v) is 10.2. The molecule has 166 valence electrons. The number of carbonyl (C=O) groups excluding carboxylic acids is 1. The molecule has 4 rings (SSSR count). The van der Waals surface area contributed by atoms with E-state index in [0.29, 0.717) is 16.2 Å². The number of thiazole rings is 1. The average Bonchev–Trinajstić information content (AvgIpc) is 3.46. The maximum Gasteiger partial charge on any atom is 0.264 e. The minimum absolute atomic E-state index is 0.109. The summed E-state index contributed by atoms with van der Waals surface area (Å²) in [6, 6.07) is 4.00. The van der Waals surface area contributed by atoms with Crippen LogP contribution in [0.5, 0.6) is 5.75 Å². The van der Waals surface area contributed by atoms with Crippen LogP contribution in [0.25, 0.3) is 22.4 Å². The number of alkyl halides is 2. The SMILES string of the molecule is O=C(Nc1nccs1)c1cncc2nc(-c3ccc(OC[C@@H](O)CO)cc3C(F)F)[nH]c12. The van der Waals surface area contributed by atoms with E-state index < -0.39 is 25.0 Å². The van der Waals surface area contributed by atoms with Gasteiger partial charge in [-0.05, 0) is 18.2 Å². The molecule has 3 heterocycles. The summed E-state index contributed by atoms with van der Waals surface area (Å²) in [5, 5.41) is 23.0. The predicted molar refractivity (Wildman–Crippen MR) is 113 cm³/mol. The van der Waals surface area contributed by atoms with Crippen molar-refractivity contribution >= 4 is 33.4 Å². The molecule has 0 spiro atoms. The number of halogens is 2. The molecule has 4 aromatic rings. The van der Waals surface area contributed by atoms with Crippen LogP contribution in [0.15, 0.2) is 42.2 Å². The Balaban J connectivity index is 1.68. The van der Waals surface area contributed by atoms with Crippen LogP contribution in [0.1, 0.15) is 22.3 Å². The van der Waals surface area contributed by atoms with Gasteiger partial charge in [-0.1, -0.05) is 0 Å². The second-order valence-corrected chi connectivity index (χ2v) is 7.55. The number of imidazole rings is 1. The highest BCUT2D eigenvalue weighted by molar-refractivity contribution is 7.13. The van der Waals surface area contributed by atoms with Crippen LogP contribution in [0.3, 0.4) is 0 Å². The number of aromatic nitrogens is 4. The first kappa shape index (κ1) is 21.7. The molecule has 1 atom stereocenters. The smallest absolute Gasteiger partial charge is 0.264 e. The monoisotopic (exact) mass is 461 g/mol. The third-order valence-electron chi connectivity index (χ3n) is 4.47. The van der Waals surface area contributed by atoms with E-state index in [1.807, 2.05) is 0 Å². The largest absolute Gasteiger partial charge is 0.491 e. The Morgan fingerprint density at radius 1 is 1.31 bits per heavy atom. The second kappa shape index (κ2) is 9.34. The molecule has 0 saturated heterocycles. The van der Waals surface area contributed by atoms with Crippen molar-refractivity contribution in [3.05, 3.63) is 53.3 Å². The molecular weight excluding hydrogens is 444 g/mol. The molecule has 0 aliphatic heterocycles. The molecule has 0 bridgehead atoms. The lowest BCUT2D eigenvalue weighted by Gasteiger charge is -2.13. The number of fused-ring (bicyclic) bond motifs is 1. The van der Waals surface area contributed by atoms with E-state index in [1.165, 1.54) is 35.9 Å². The fourth-order valence-corrected chi connectivity index (χ4v) is 3.48. The van der Waals surface area contributed by atoms with E-state index >= 15 is 0 Å². The predicted octanol–water partition coefficient (Wildman–Crippen LogP) is 3.00. The number of amides is 1. The van der Waals surface area contributed by atoms with Crippen LogP contribution in [0.2, 0.25) is 0 Å². The van der Waals surface area contributed by atoms with Gasteiger partial charge in [0.1, 0.15) is 29.8 Å². The molecule has 4 N–H and O–H groups in total. The van der Waals surface area contributed by atoms with E-state index in [0.717, 1.165) is 6.07 Å². The number of aromatic amines is 1. The zero-order valence-corrected chi connectivity index (χ0v) is 17.1. The number of carbonyl (C=O) groups is 1. The van der Waals surface area contributed by atoms with Crippen LogP contribution in [0.4, 0.5) is 13.9 Å². The summed E-state index contributed by atoms with van der Waals surface area (Å²) in [5.41, 5.74) is 0.640. The number of anilines is 1. The molecule has 9 nitrogen and oxygen atoms in total. The van der Waals surface area contributed by atoms with Crippen molar-refractivity contribution in [3.63, 3.8) is 0 Å². The molecule has 3 aromatic heterocycles. The first-order valence-electron chi connectivity index (χ1n) is 9.35. The normalized spacial score (nSPS) is 12.3. The van der Waals surface area contributed by atoms with Gasteiger partial charge in [-0.3, -0.25) is 15.1 Å². The molecule has 32 heavy (non-hydrogen) atoms. The third-order valence-corrected chi connectivity index (χ3v) is 5.15. The lowest BCUT2D eigenvalue weighted by atomic mass is 10.1. The highest BCUT2D eigenvalue weighted by Gasteiger charge is 2.21. The van der Waals surface area contributed by atoms with Gasteiger partial charge in [-0.25, -0.2) is 18.7 Å². The summed E-state index contributed by atoms with van der Waals surface area (Å²) in [6.07, 6.45) is 0.365. The summed E-state index contributed by atoms with van der Waals surface area (Å²) >= 11 is 1.25. The number of H-pyrrole nitrogens is 1. The third kappa shape index (κ3) is 4.56. The Hall–Kier alpha value is -3.48. The molecule has 0 radical (unpaired) electrons. The van der Waals surface area contributed by atoms with Gasteiger partial charge in [0.15, 0.2) is 5.13 Å². The van der Waals surface area contributed by atoms with Gasteiger partial charge in [0.2, 0.25) is 0 Å². The molecule has 0 unspecified atom stereocenters. The molecule has 0 aliphatic rings. The second-order valence-electron chi connectivity index (χ2n) is 6.66. The Kier molecular flexibility index (Phi) is 6.35. The fourth-order valence-electron chi connectivity index (χ4n) is 2.95. The lowest BCUT2D eigenvalue weighted by molar-refractivity contribution is 0.0534. The minimum atomic E-state index is -2.84. The van der Waals surface area contributed by atoms with Crippen molar-refractivity contribution in [2.24, 2.45) is 0 Å². The highest BCUT2D eigenvalue weighted by atomic mass is 32.1. The van der Waals surface area contributed by atoms with Gasteiger partial charge in [0.05, 0.1) is 23.9 Å². The topological polar surface area (TPSA) is 133 Å². The molecule has 12 heteroatoms. The number of hydrogen-bond donors (Lipinski definition) is 4. The number of nitrogens with one attached hydrogen (secondary N) is 2. The molecule has 0 fully saturated rings. The van der Waals surface area contributed by atoms with Gasteiger partial charge >= 0.3 is 0 Å². The lowest BCUT2D eigenvalue weighted by Crippen LogP contribution is -2.21. The Bertz CT molecular complexity index is 1230. The number of rotatable bonds is 8. The molecule has 0 saturated carbocycles. The molecular formula is C20H17F2N5O4S. The molecule has 0 aliphatic carbocycles. The van der Waals surface area contributed by atoms with Crippen molar-refractivity contribution < 1.29 is 28.5 Å². The highest BCUT2D eigenvalue weighted by Crippen LogP contribution is 2.34. The fraction of sp³-hybridized carbons (Fsp3) is 0.200. The van der Waals surface area contributed by atoms with Crippen LogP contribution >= 0.6 is 11.3 Å². The van der Waals surface area contributed by atoms with E-state index in [1.54, 1.807) is 11.6 Å². The number of aliphatic hydroxyl groups is 2. The summed E-state index contributed by atoms with van der Waals surface area (Å²) in [7, 11) is 0. The van der Waals surface area contributed by atoms with E-state index in [-0.39, 0.29) is 34.9 Å². The standard InChI is InChI=1S/C20H17F2N5O4S/c21-17(22)13-5-11(31-9-10(29)8-28)1-2-12(13)18-25-15-7-23-6-14(16(15)26-18)19(30)27-20-24-3-4-32-20/h1-7,10,17,28-29H,8-9H2,(H,25,26)(H,24,27,30)/t10-/m0/s1. The van der Waals surface area contributed by atoms with Crippen molar-refractivity contribution in [3.8, 4) is 17.1 Å². The van der Waals surface area contributed by atoms with Crippen LogP contribution in [-0.2, 0) is 0 Å². The molecule has 1 aromatic carbocycles. The maximum absolute atomic E-state index is 13.8. The number of benzene rings is 1. The summed E-state index contributed by atoms with van der Waals surface area (Å²) in [5.74, 6) is -0.222. The average molecular weight is 461 g/mol. The van der Waals surface area contributed by atoms with Crippen LogP contribution in [-0.4, -0.2) is 55.4 Å². The quantitative estimate of drug-likeness (QED) is 0.317. The van der Waals surface area contributed by atoms with Gasteiger partial charge < -0.3 is 19.9 Å². The minimum Gasteiger partial charge on any atom is -0.491 e. The van der Waals surface area contributed by atoms with Crippen molar-refractivity contribution in [2.45, 2.75) is 12.5 Å². The maximum atomic E-state index is 13.8. The zero-order chi connectivity index (χ0) is 22.7. The summed E-state index contributed by atoms with van der Waals surface area (Å²) in [4.78, 5) is 27.9. The van der Waals surface area contributed by atoms with Gasteiger partial charge in [-0.15, -0.1) is 11.3 Å². The van der Waals surface area contributed by atoms with Crippen LogP contribution < -0.4 is 10.1 Å². The Morgan fingerprint density at radius 3 is 2.88 bits per heavy atom. The number of hydrogen-bond acceptors (Lipinski definition) is 8. The van der Waals surface area contributed by atoms with Crippen molar-refractivity contribution in [2.75, 3.05) is 18.5 Å². The van der Waals surface area contributed by atoms with Gasteiger partial charge in [0, 0.05) is 28.9 Å². The zero-order valence-electron chi connectivity index (χ0n) is 16.3. The number of nitrogens with zero attached hydrogens (tertiary/aromatic N) is 3. The Morgan fingerprint density at radius 2 is 2.16 bits per heavy atom. The van der Waals surface area contributed by atoms with E-state index in [9.17, 15) is 18.7 Å². The number of ether oxygens (including phenoxy) is 1. The summed E-state index contributed by atoms with van der Waals surface area (Å²) in [6.45, 7) is -0.752.